The SMILES string of the molecule is CCOc1ccc(C(=O)Nc2cc(C)nn2-c2nc(C)c(C)c(=O)[nH]2)cc1. The van der Waals surface area contributed by atoms with E-state index in [1.165, 1.54) is 4.68 Å². The quantitative estimate of drug-likeness (QED) is 0.721. The highest BCUT2D eigenvalue weighted by Gasteiger charge is 2.15. The number of nitrogens with zero attached hydrogens (tertiary/aromatic N) is 3. The third kappa shape index (κ3) is 3.89. The van der Waals surface area contributed by atoms with Crippen molar-refractivity contribution in [1.82, 2.24) is 19.7 Å². The predicted molar refractivity (Wildman–Crippen MR) is 102 cm³/mol. The zero-order chi connectivity index (χ0) is 19.6. The van der Waals surface area contributed by atoms with Crippen molar-refractivity contribution in [2.45, 2.75) is 27.7 Å². The predicted octanol–water partition coefficient (Wildman–Crippen LogP) is 2.53. The minimum atomic E-state index is -0.301. The van der Waals surface area contributed by atoms with Crippen molar-refractivity contribution < 1.29 is 9.53 Å². The Morgan fingerprint density at radius 3 is 2.56 bits per heavy atom. The minimum Gasteiger partial charge on any atom is -0.494 e. The largest absolute Gasteiger partial charge is 0.494 e. The molecular weight excluding hydrogens is 346 g/mol. The van der Waals surface area contributed by atoms with Gasteiger partial charge < -0.3 is 10.1 Å². The second-order valence-corrected chi connectivity index (χ2v) is 6.09. The van der Waals surface area contributed by atoms with Gasteiger partial charge in [0.25, 0.3) is 11.5 Å². The molecule has 3 rings (SSSR count). The van der Waals surface area contributed by atoms with E-state index in [1.54, 1.807) is 51.1 Å². The van der Waals surface area contributed by atoms with Crippen LogP contribution in [-0.4, -0.2) is 32.3 Å². The Kier molecular flexibility index (Phi) is 5.07. The van der Waals surface area contributed by atoms with Crippen LogP contribution in [0.5, 0.6) is 5.75 Å². The Morgan fingerprint density at radius 1 is 1.22 bits per heavy atom. The van der Waals surface area contributed by atoms with Gasteiger partial charge >= 0.3 is 0 Å². The number of H-pyrrole nitrogens is 1. The van der Waals surface area contributed by atoms with E-state index in [9.17, 15) is 9.59 Å². The number of anilines is 1. The normalized spacial score (nSPS) is 10.7. The number of benzene rings is 1. The smallest absolute Gasteiger partial charge is 0.256 e. The third-order valence-electron chi connectivity index (χ3n) is 4.08. The molecule has 2 aromatic heterocycles. The number of nitrogens with one attached hydrogen (secondary N) is 2. The molecular formula is C19H21N5O3. The summed E-state index contributed by atoms with van der Waals surface area (Å²) in [6.45, 7) is 7.71. The van der Waals surface area contributed by atoms with Gasteiger partial charge in [-0.15, -0.1) is 0 Å². The van der Waals surface area contributed by atoms with Gasteiger partial charge in [0.2, 0.25) is 5.95 Å². The molecule has 0 aliphatic carbocycles. The summed E-state index contributed by atoms with van der Waals surface area (Å²) < 4.78 is 6.80. The molecule has 0 saturated carbocycles. The molecule has 0 bridgehead atoms. The van der Waals surface area contributed by atoms with Crippen molar-refractivity contribution in [3.05, 3.63) is 63.2 Å². The van der Waals surface area contributed by atoms with Crippen LogP contribution in [0.4, 0.5) is 5.82 Å². The van der Waals surface area contributed by atoms with Crippen LogP contribution < -0.4 is 15.6 Å². The zero-order valence-electron chi connectivity index (χ0n) is 15.7. The summed E-state index contributed by atoms with van der Waals surface area (Å²) in [5.74, 6) is 1.06. The van der Waals surface area contributed by atoms with Gasteiger partial charge in [-0.2, -0.15) is 9.78 Å². The van der Waals surface area contributed by atoms with Crippen molar-refractivity contribution in [2.24, 2.45) is 0 Å². The number of hydrogen-bond acceptors (Lipinski definition) is 5. The maximum absolute atomic E-state index is 12.6. The van der Waals surface area contributed by atoms with Crippen molar-refractivity contribution in [2.75, 3.05) is 11.9 Å². The van der Waals surface area contributed by atoms with Gasteiger partial charge in [0, 0.05) is 22.9 Å². The monoisotopic (exact) mass is 367 g/mol. The van der Waals surface area contributed by atoms with E-state index in [2.05, 4.69) is 20.4 Å². The highest BCUT2D eigenvalue weighted by molar-refractivity contribution is 6.04. The Labute approximate surface area is 156 Å². The molecule has 1 aromatic carbocycles. The van der Waals surface area contributed by atoms with E-state index in [-0.39, 0.29) is 17.4 Å². The lowest BCUT2D eigenvalue weighted by Crippen LogP contribution is -2.20. The molecule has 27 heavy (non-hydrogen) atoms. The lowest BCUT2D eigenvalue weighted by Gasteiger charge is -2.10. The Bertz CT molecular complexity index is 1030. The number of aryl methyl sites for hydroxylation is 2. The fourth-order valence-corrected chi connectivity index (χ4v) is 2.54. The molecule has 0 aliphatic rings. The summed E-state index contributed by atoms with van der Waals surface area (Å²) in [5, 5.41) is 7.14. The fraction of sp³-hybridized carbons (Fsp3) is 0.263. The van der Waals surface area contributed by atoms with Crippen LogP contribution in [0.1, 0.15) is 34.2 Å². The first-order valence-electron chi connectivity index (χ1n) is 8.57. The summed E-state index contributed by atoms with van der Waals surface area (Å²) in [6.07, 6.45) is 0. The van der Waals surface area contributed by atoms with Crippen molar-refractivity contribution in [3.8, 4) is 11.7 Å². The zero-order valence-corrected chi connectivity index (χ0v) is 15.7. The van der Waals surface area contributed by atoms with Crippen LogP contribution in [0.3, 0.4) is 0 Å². The van der Waals surface area contributed by atoms with Crippen molar-refractivity contribution in [3.63, 3.8) is 0 Å². The second-order valence-electron chi connectivity index (χ2n) is 6.09. The summed E-state index contributed by atoms with van der Waals surface area (Å²) in [6, 6.07) is 8.56. The van der Waals surface area contributed by atoms with Crippen LogP contribution in [0.15, 0.2) is 35.1 Å². The molecule has 0 aliphatic heterocycles. The Hall–Kier alpha value is -3.42. The van der Waals surface area contributed by atoms with Gasteiger partial charge in [-0.1, -0.05) is 0 Å². The van der Waals surface area contributed by atoms with Crippen LogP contribution in [0.2, 0.25) is 0 Å². The van der Waals surface area contributed by atoms with E-state index < -0.39 is 0 Å². The van der Waals surface area contributed by atoms with E-state index in [1.807, 2.05) is 6.92 Å². The Morgan fingerprint density at radius 2 is 1.93 bits per heavy atom. The summed E-state index contributed by atoms with van der Waals surface area (Å²) in [7, 11) is 0. The Balaban J connectivity index is 1.90. The first-order valence-corrected chi connectivity index (χ1v) is 8.57. The lowest BCUT2D eigenvalue weighted by molar-refractivity contribution is 0.102. The molecule has 1 amide bonds. The number of carbonyl (C=O) groups is 1. The lowest BCUT2D eigenvalue weighted by atomic mass is 10.2. The van der Waals surface area contributed by atoms with Gasteiger partial charge in [-0.05, 0) is 52.0 Å². The first kappa shape index (κ1) is 18.4. The van der Waals surface area contributed by atoms with E-state index in [4.69, 9.17) is 4.74 Å². The molecule has 2 heterocycles. The minimum absolute atomic E-state index is 0.241. The van der Waals surface area contributed by atoms with E-state index in [0.717, 1.165) is 0 Å². The number of rotatable bonds is 5. The highest BCUT2D eigenvalue weighted by Crippen LogP contribution is 2.17. The van der Waals surface area contributed by atoms with Gasteiger partial charge in [-0.25, -0.2) is 4.98 Å². The van der Waals surface area contributed by atoms with Gasteiger partial charge in [0.1, 0.15) is 11.6 Å². The maximum Gasteiger partial charge on any atom is 0.256 e. The molecule has 3 aromatic rings. The van der Waals surface area contributed by atoms with E-state index in [0.29, 0.717) is 40.7 Å². The van der Waals surface area contributed by atoms with Crippen LogP contribution >= 0.6 is 0 Å². The molecule has 8 heteroatoms. The number of ether oxygens (including phenoxy) is 1. The van der Waals surface area contributed by atoms with E-state index >= 15 is 0 Å². The number of carbonyl (C=O) groups excluding carboxylic acids is 1. The fourth-order valence-electron chi connectivity index (χ4n) is 2.54. The molecule has 0 atom stereocenters. The summed E-state index contributed by atoms with van der Waals surface area (Å²) in [4.78, 5) is 31.7. The maximum atomic E-state index is 12.6. The summed E-state index contributed by atoms with van der Waals surface area (Å²) in [5.41, 5.74) is 2.06. The first-order chi connectivity index (χ1) is 12.9. The average Bonchev–Trinajstić information content (AvgIpc) is 3.00. The molecule has 2 N–H and O–H groups in total. The second kappa shape index (κ2) is 7.45. The molecule has 0 radical (unpaired) electrons. The number of amides is 1. The molecule has 8 nitrogen and oxygen atoms in total. The van der Waals surface area contributed by atoms with Crippen molar-refractivity contribution >= 4 is 11.7 Å². The topological polar surface area (TPSA) is 102 Å². The molecule has 0 saturated heterocycles. The standard InChI is InChI=1S/C19H21N5O3/c1-5-27-15-8-6-14(7-9-15)18(26)21-16-10-11(2)23-24(16)19-20-13(4)12(3)17(25)22-19/h6-10H,5H2,1-4H3,(H,21,26)(H,20,22,25). The molecule has 0 spiro atoms. The average molecular weight is 367 g/mol. The van der Waals surface area contributed by atoms with Crippen LogP contribution in [0, 0.1) is 20.8 Å². The van der Waals surface area contributed by atoms with Crippen LogP contribution in [-0.2, 0) is 0 Å². The number of hydrogen-bond donors (Lipinski definition) is 2. The van der Waals surface area contributed by atoms with Gasteiger partial charge in [0.15, 0.2) is 0 Å². The van der Waals surface area contributed by atoms with Gasteiger partial charge in [0.05, 0.1) is 12.3 Å². The summed E-state index contributed by atoms with van der Waals surface area (Å²) >= 11 is 0. The number of aromatic amines is 1. The van der Waals surface area contributed by atoms with Gasteiger partial charge in [-0.3, -0.25) is 14.6 Å². The molecule has 140 valence electrons. The highest BCUT2D eigenvalue weighted by atomic mass is 16.5. The van der Waals surface area contributed by atoms with Crippen LogP contribution in [0.25, 0.3) is 5.95 Å². The molecule has 0 unspecified atom stereocenters. The third-order valence-corrected chi connectivity index (χ3v) is 4.08. The van der Waals surface area contributed by atoms with Crippen molar-refractivity contribution in [1.29, 1.82) is 0 Å². The number of aromatic nitrogens is 4. The molecule has 0 fully saturated rings.